The van der Waals surface area contributed by atoms with Crippen molar-refractivity contribution in [3.63, 3.8) is 0 Å². The number of carboxylic acids is 1. The van der Waals surface area contributed by atoms with Crippen LogP contribution in [0.5, 0.6) is 5.75 Å². The number of hydrogen-bond donors (Lipinski definition) is 1. The van der Waals surface area contributed by atoms with Crippen LogP contribution >= 0.6 is 0 Å². The smallest absolute Gasteiger partial charge is 0.341 e. The SMILES string of the molecule is Cc1c(C)[n+]([O-])c([C@@H](c2ccc(OCC(=O)O)cc2)C2C(=O)N(C)C(=O)N(C)C2=O)n1Cc1ccccc1. The van der Waals surface area contributed by atoms with Gasteiger partial charge in [0.25, 0.3) is 5.82 Å². The largest absolute Gasteiger partial charge is 0.711 e. The number of aliphatic carboxylic acids is 1. The number of carbonyl (C=O) groups excluding carboxylic acids is 3. The topological polar surface area (TPSA) is 136 Å². The van der Waals surface area contributed by atoms with Gasteiger partial charge in [0.1, 0.15) is 35.5 Å². The van der Waals surface area contributed by atoms with Crippen molar-refractivity contribution in [2.24, 2.45) is 5.92 Å². The standard InChI is InChI=1S/C27H28N4O7/c1-16-17(2)31(37)24(30(16)14-18-8-6-5-7-9-18)22(19-10-12-20(13-11-19)38-15-21(32)33)23-25(34)28(3)27(36)29(4)26(23)35/h5-13,22-23H,14-15H2,1-4H3,(H,32,33)/t22-/m0/s1. The Kier molecular flexibility index (Phi) is 7.20. The Balaban J connectivity index is 1.90. The Morgan fingerprint density at radius 2 is 1.58 bits per heavy atom. The number of carboxylic acid groups (broad SMARTS) is 1. The molecule has 0 unspecified atom stereocenters. The number of rotatable bonds is 8. The Morgan fingerprint density at radius 1 is 1.00 bits per heavy atom. The Morgan fingerprint density at radius 3 is 2.13 bits per heavy atom. The van der Waals surface area contributed by atoms with Crippen LogP contribution in [0.25, 0.3) is 0 Å². The van der Waals surface area contributed by atoms with Crippen molar-refractivity contribution in [3.8, 4) is 5.75 Å². The van der Waals surface area contributed by atoms with Crippen LogP contribution < -0.4 is 9.47 Å². The van der Waals surface area contributed by atoms with Gasteiger partial charge in [-0.1, -0.05) is 42.5 Å². The highest BCUT2D eigenvalue weighted by atomic mass is 16.5. The summed E-state index contributed by atoms with van der Waals surface area (Å²) in [6.07, 6.45) is 0. The molecule has 38 heavy (non-hydrogen) atoms. The van der Waals surface area contributed by atoms with Crippen molar-refractivity contribution in [2.75, 3.05) is 20.7 Å². The number of carbonyl (C=O) groups is 4. The fourth-order valence-corrected chi connectivity index (χ4v) is 4.68. The lowest BCUT2D eigenvalue weighted by Gasteiger charge is -2.36. The van der Waals surface area contributed by atoms with Gasteiger partial charge in [-0.15, -0.1) is 0 Å². The summed E-state index contributed by atoms with van der Waals surface area (Å²) in [6.45, 7) is 3.23. The number of aromatic nitrogens is 2. The molecule has 1 aliphatic heterocycles. The molecule has 11 heteroatoms. The number of barbiturate groups is 1. The predicted molar refractivity (Wildman–Crippen MR) is 134 cm³/mol. The molecule has 1 atom stereocenters. The number of benzene rings is 2. The molecule has 0 bridgehead atoms. The second kappa shape index (κ2) is 10.4. The molecule has 3 aromatic rings. The van der Waals surface area contributed by atoms with Crippen LogP contribution in [0.1, 0.15) is 34.3 Å². The molecule has 198 valence electrons. The number of urea groups is 1. The number of imidazole rings is 1. The monoisotopic (exact) mass is 520 g/mol. The highest BCUT2D eigenvalue weighted by molar-refractivity contribution is 6.16. The summed E-state index contributed by atoms with van der Waals surface area (Å²) in [6, 6.07) is 14.9. The van der Waals surface area contributed by atoms with E-state index < -0.39 is 42.3 Å². The summed E-state index contributed by atoms with van der Waals surface area (Å²) in [5.74, 6) is -4.60. The number of ether oxygens (including phenoxy) is 1. The fourth-order valence-electron chi connectivity index (χ4n) is 4.68. The van der Waals surface area contributed by atoms with Gasteiger partial charge in [-0.3, -0.25) is 19.4 Å². The molecule has 1 aromatic heterocycles. The van der Waals surface area contributed by atoms with Crippen LogP contribution in [-0.2, 0) is 20.9 Å². The molecule has 4 rings (SSSR count). The lowest BCUT2D eigenvalue weighted by atomic mass is 9.82. The molecular formula is C27H28N4O7. The summed E-state index contributed by atoms with van der Waals surface area (Å²) in [5.41, 5.74) is 2.44. The van der Waals surface area contributed by atoms with E-state index in [1.807, 2.05) is 30.3 Å². The molecule has 11 nitrogen and oxygen atoms in total. The number of imide groups is 2. The number of nitrogens with zero attached hydrogens (tertiary/aromatic N) is 4. The molecule has 0 spiro atoms. The van der Waals surface area contributed by atoms with E-state index in [0.29, 0.717) is 23.5 Å². The summed E-state index contributed by atoms with van der Waals surface area (Å²) in [5, 5.41) is 22.5. The second-order valence-corrected chi connectivity index (χ2v) is 9.18. The van der Waals surface area contributed by atoms with Crippen molar-refractivity contribution in [1.82, 2.24) is 14.4 Å². The van der Waals surface area contributed by atoms with E-state index in [-0.39, 0.29) is 11.6 Å². The van der Waals surface area contributed by atoms with Gasteiger partial charge in [0, 0.05) is 27.9 Å². The van der Waals surface area contributed by atoms with Crippen LogP contribution in [0.4, 0.5) is 4.79 Å². The molecule has 2 aromatic carbocycles. The Labute approximate surface area is 219 Å². The molecule has 1 saturated heterocycles. The maximum atomic E-state index is 13.6. The third-order valence-corrected chi connectivity index (χ3v) is 6.88. The average molecular weight is 521 g/mol. The van der Waals surface area contributed by atoms with E-state index in [2.05, 4.69) is 0 Å². The highest BCUT2D eigenvalue weighted by Crippen LogP contribution is 2.37. The van der Waals surface area contributed by atoms with E-state index in [0.717, 1.165) is 20.1 Å². The zero-order valence-corrected chi connectivity index (χ0v) is 21.5. The maximum absolute atomic E-state index is 13.6. The first kappa shape index (κ1) is 26.4. The minimum atomic E-state index is -1.39. The van der Waals surface area contributed by atoms with Crippen LogP contribution in [0.3, 0.4) is 0 Å². The zero-order chi connectivity index (χ0) is 27.7. The van der Waals surface area contributed by atoms with Gasteiger partial charge in [0.15, 0.2) is 6.61 Å². The molecule has 1 fully saturated rings. The number of amides is 4. The normalized spacial score (nSPS) is 15.2. The second-order valence-electron chi connectivity index (χ2n) is 9.18. The molecule has 0 radical (unpaired) electrons. The van der Waals surface area contributed by atoms with Gasteiger partial charge in [-0.25, -0.2) is 18.9 Å². The first-order valence-corrected chi connectivity index (χ1v) is 11.9. The number of hydrogen-bond acceptors (Lipinski definition) is 6. The van der Waals surface area contributed by atoms with Crippen LogP contribution in [0, 0.1) is 25.0 Å². The molecule has 1 N–H and O–H groups in total. The first-order valence-electron chi connectivity index (χ1n) is 11.9. The minimum Gasteiger partial charge on any atom is -0.711 e. The zero-order valence-electron chi connectivity index (χ0n) is 21.5. The van der Waals surface area contributed by atoms with Crippen LogP contribution in [-0.4, -0.2) is 64.0 Å². The van der Waals surface area contributed by atoms with Crippen molar-refractivity contribution in [2.45, 2.75) is 26.3 Å². The Bertz CT molecular complexity index is 1380. The van der Waals surface area contributed by atoms with Crippen molar-refractivity contribution in [3.05, 3.63) is 88.1 Å². The van der Waals surface area contributed by atoms with Gasteiger partial charge in [0.2, 0.25) is 11.8 Å². The average Bonchev–Trinajstić information content (AvgIpc) is 3.11. The minimum absolute atomic E-state index is 0.172. The molecule has 0 saturated carbocycles. The fraction of sp³-hybridized carbons (Fsp3) is 0.296. The third kappa shape index (κ3) is 4.70. The molecule has 2 heterocycles. The molecule has 1 aliphatic rings. The summed E-state index contributed by atoms with van der Waals surface area (Å²) in [4.78, 5) is 52.0. The van der Waals surface area contributed by atoms with E-state index >= 15 is 0 Å². The lowest BCUT2D eigenvalue weighted by Crippen LogP contribution is -2.59. The molecule has 4 amide bonds. The van der Waals surface area contributed by atoms with E-state index in [1.165, 1.54) is 26.2 Å². The van der Waals surface area contributed by atoms with Gasteiger partial charge >= 0.3 is 12.0 Å². The summed E-state index contributed by atoms with van der Waals surface area (Å²) in [7, 11) is 2.59. The van der Waals surface area contributed by atoms with Crippen LogP contribution in [0.2, 0.25) is 0 Å². The predicted octanol–water partition coefficient (Wildman–Crippen LogP) is 2.05. The van der Waals surface area contributed by atoms with Crippen LogP contribution in [0.15, 0.2) is 54.6 Å². The van der Waals surface area contributed by atoms with Crippen molar-refractivity contribution >= 4 is 23.8 Å². The first-order chi connectivity index (χ1) is 18.0. The summed E-state index contributed by atoms with van der Waals surface area (Å²) < 4.78 is 7.74. The Hall–Kier alpha value is -4.67. The molecule has 0 aliphatic carbocycles. The van der Waals surface area contributed by atoms with E-state index in [1.54, 1.807) is 30.5 Å². The third-order valence-electron chi connectivity index (χ3n) is 6.88. The molecular weight excluding hydrogens is 492 g/mol. The van der Waals surface area contributed by atoms with E-state index in [4.69, 9.17) is 9.84 Å². The van der Waals surface area contributed by atoms with Crippen molar-refractivity contribution < 1.29 is 33.8 Å². The van der Waals surface area contributed by atoms with Gasteiger partial charge < -0.3 is 15.1 Å². The highest BCUT2D eigenvalue weighted by Gasteiger charge is 2.51. The van der Waals surface area contributed by atoms with Crippen molar-refractivity contribution in [1.29, 1.82) is 0 Å². The quantitative estimate of drug-likeness (QED) is 0.273. The lowest BCUT2D eigenvalue weighted by molar-refractivity contribution is -0.621. The summed E-state index contributed by atoms with van der Waals surface area (Å²) >= 11 is 0. The van der Waals surface area contributed by atoms with E-state index in [9.17, 15) is 24.4 Å². The van der Waals surface area contributed by atoms with Gasteiger partial charge in [0.05, 0.1) is 0 Å². The maximum Gasteiger partial charge on any atom is 0.341 e. The van der Waals surface area contributed by atoms with Gasteiger partial charge in [-0.2, -0.15) is 0 Å². The van der Waals surface area contributed by atoms with Gasteiger partial charge in [-0.05, 0) is 23.3 Å².